The van der Waals surface area contributed by atoms with Gasteiger partial charge in [0.15, 0.2) is 5.82 Å². The highest BCUT2D eigenvalue weighted by atomic mass is 32.1. The average molecular weight is 385 g/mol. The second-order valence-corrected chi connectivity index (χ2v) is 7.45. The Kier molecular flexibility index (Phi) is 4.53. The Morgan fingerprint density at radius 1 is 1.30 bits per heavy atom. The third kappa shape index (κ3) is 3.37. The molecule has 1 saturated carbocycles. The van der Waals surface area contributed by atoms with E-state index in [4.69, 9.17) is 0 Å². The van der Waals surface area contributed by atoms with Crippen LogP contribution in [0.1, 0.15) is 29.2 Å². The van der Waals surface area contributed by atoms with Crippen LogP contribution in [-0.2, 0) is 13.6 Å². The Morgan fingerprint density at radius 2 is 2.11 bits per heavy atom. The third-order valence-corrected chi connectivity index (χ3v) is 5.37. The fourth-order valence-corrected chi connectivity index (χ4v) is 3.65. The van der Waals surface area contributed by atoms with Crippen molar-refractivity contribution in [3.63, 3.8) is 0 Å². The van der Waals surface area contributed by atoms with Gasteiger partial charge < -0.3 is 9.88 Å². The number of nitrogens with one attached hydrogen (secondary N) is 1. The molecule has 4 rings (SSSR count). The molecule has 0 radical (unpaired) electrons. The molecule has 1 fully saturated rings. The molecule has 1 amide bonds. The summed E-state index contributed by atoms with van der Waals surface area (Å²) in [5.74, 6) is 0.227. The van der Waals surface area contributed by atoms with Crippen LogP contribution in [0, 0.1) is 0 Å². The number of hydrogen-bond donors (Lipinski definition) is 1. The fraction of sp³-hybridized carbons (Fsp3) is 0.333. The molecule has 0 aromatic carbocycles. The summed E-state index contributed by atoms with van der Waals surface area (Å²) in [7, 11) is 1.59. The van der Waals surface area contributed by atoms with Crippen molar-refractivity contribution in [1.29, 1.82) is 0 Å². The summed E-state index contributed by atoms with van der Waals surface area (Å²) >= 11 is 1.54. The Balaban J connectivity index is 1.50. The highest BCUT2D eigenvalue weighted by Gasteiger charge is 2.30. The smallest absolute Gasteiger partial charge is 0.346 e. The van der Waals surface area contributed by atoms with Gasteiger partial charge in [-0.25, -0.2) is 9.48 Å². The van der Waals surface area contributed by atoms with Gasteiger partial charge in [-0.2, -0.15) is 0 Å². The lowest BCUT2D eigenvalue weighted by atomic mass is 10.2. The molecule has 27 heavy (non-hydrogen) atoms. The maximum atomic E-state index is 12.7. The Morgan fingerprint density at radius 3 is 2.81 bits per heavy atom. The van der Waals surface area contributed by atoms with Gasteiger partial charge in [-0.3, -0.25) is 14.2 Å². The van der Waals surface area contributed by atoms with Crippen LogP contribution in [0.4, 0.5) is 0 Å². The molecule has 3 aromatic heterocycles. The van der Waals surface area contributed by atoms with E-state index in [1.807, 2.05) is 17.5 Å². The largest absolute Gasteiger partial charge is 0.350 e. The minimum Gasteiger partial charge on any atom is -0.350 e. The van der Waals surface area contributed by atoms with Crippen LogP contribution in [0.15, 0.2) is 45.4 Å². The number of hydrogen-bond acceptors (Lipinski definition) is 5. The van der Waals surface area contributed by atoms with Crippen molar-refractivity contribution < 1.29 is 4.79 Å². The molecular weight excluding hydrogens is 366 g/mol. The molecule has 140 valence electrons. The molecule has 1 aliphatic carbocycles. The van der Waals surface area contributed by atoms with Crippen molar-refractivity contribution >= 4 is 17.2 Å². The van der Waals surface area contributed by atoms with Crippen molar-refractivity contribution in [3.05, 3.63) is 62.2 Å². The Hall–Kier alpha value is -2.94. The molecule has 3 aromatic rings. The van der Waals surface area contributed by atoms with Gasteiger partial charge in [-0.05, 0) is 36.4 Å². The standard InChI is InChI=1S/C18H19N5O3S/c1-21-9-2-4-13(17(21)25)16(24)19-8-10-22-18(26)23(12-6-7-12)15(20-22)14-5-3-11-27-14/h2-5,9,11-12H,6-8,10H2,1H3,(H,19,24). The molecule has 0 aliphatic heterocycles. The van der Waals surface area contributed by atoms with Crippen LogP contribution in [-0.4, -0.2) is 31.4 Å². The number of rotatable bonds is 6. The number of amides is 1. The van der Waals surface area contributed by atoms with E-state index >= 15 is 0 Å². The Bertz CT molecular complexity index is 1090. The van der Waals surface area contributed by atoms with E-state index in [9.17, 15) is 14.4 Å². The van der Waals surface area contributed by atoms with Crippen molar-refractivity contribution in [2.45, 2.75) is 25.4 Å². The number of carbonyl (C=O) groups excluding carboxylic acids is 1. The van der Waals surface area contributed by atoms with Gasteiger partial charge in [0.25, 0.3) is 11.5 Å². The van der Waals surface area contributed by atoms with E-state index in [0.29, 0.717) is 5.82 Å². The number of aryl methyl sites for hydroxylation is 1. The highest BCUT2D eigenvalue weighted by molar-refractivity contribution is 7.13. The van der Waals surface area contributed by atoms with E-state index in [0.717, 1.165) is 17.7 Å². The van der Waals surface area contributed by atoms with E-state index < -0.39 is 5.91 Å². The summed E-state index contributed by atoms with van der Waals surface area (Å²) in [5, 5.41) is 9.12. The minimum atomic E-state index is -0.454. The van der Waals surface area contributed by atoms with Crippen molar-refractivity contribution in [1.82, 2.24) is 24.2 Å². The minimum absolute atomic E-state index is 0.0788. The summed E-state index contributed by atoms with van der Waals surface area (Å²) in [6.07, 6.45) is 3.56. The number of pyridine rings is 1. The van der Waals surface area contributed by atoms with Gasteiger partial charge >= 0.3 is 5.69 Å². The van der Waals surface area contributed by atoms with Gasteiger partial charge in [0, 0.05) is 25.8 Å². The summed E-state index contributed by atoms with van der Waals surface area (Å²) in [6, 6.07) is 7.22. The van der Waals surface area contributed by atoms with Crippen molar-refractivity contribution in [3.8, 4) is 10.7 Å². The second-order valence-electron chi connectivity index (χ2n) is 6.50. The molecule has 1 aliphatic rings. The lowest BCUT2D eigenvalue weighted by Crippen LogP contribution is -2.35. The van der Waals surface area contributed by atoms with Crippen LogP contribution < -0.4 is 16.6 Å². The van der Waals surface area contributed by atoms with Crippen LogP contribution in [0.2, 0.25) is 0 Å². The predicted molar refractivity (Wildman–Crippen MR) is 102 cm³/mol. The van der Waals surface area contributed by atoms with Crippen LogP contribution >= 0.6 is 11.3 Å². The third-order valence-electron chi connectivity index (χ3n) is 4.50. The summed E-state index contributed by atoms with van der Waals surface area (Å²) in [6.45, 7) is 0.457. The average Bonchev–Trinajstić information content (AvgIpc) is 3.23. The maximum Gasteiger partial charge on any atom is 0.346 e. The molecule has 9 heteroatoms. The van der Waals surface area contributed by atoms with Gasteiger partial charge in [-0.1, -0.05) is 6.07 Å². The molecular formula is C18H19N5O3S. The van der Waals surface area contributed by atoms with Gasteiger partial charge in [0.1, 0.15) is 5.56 Å². The van der Waals surface area contributed by atoms with E-state index in [-0.39, 0.29) is 35.9 Å². The molecule has 0 saturated heterocycles. The molecule has 0 unspecified atom stereocenters. The molecule has 0 spiro atoms. The van der Waals surface area contributed by atoms with Crippen molar-refractivity contribution in [2.75, 3.05) is 6.54 Å². The number of carbonyl (C=O) groups is 1. The lowest BCUT2D eigenvalue weighted by molar-refractivity contribution is 0.0949. The SMILES string of the molecule is Cn1cccc(C(=O)NCCn2nc(-c3cccs3)n(C3CC3)c2=O)c1=O. The van der Waals surface area contributed by atoms with Gasteiger partial charge in [0.05, 0.1) is 11.4 Å². The monoisotopic (exact) mass is 385 g/mol. The normalized spacial score (nSPS) is 13.7. The molecule has 0 bridgehead atoms. The summed E-state index contributed by atoms with van der Waals surface area (Å²) in [5.41, 5.74) is -0.439. The topological polar surface area (TPSA) is 90.9 Å². The number of thiophene rings is 1. The zero-order valence-corrected chi connectivity index (χ0v) is 15.6. The van der Waals surface area contributed by atoms with Gasteiger partial charge in [0.2, 0.25) is 0 Å². The zero-order valence-electron chi connectivity index (χ0n) is 14.8. The summed E-state index contributed by atoms with van der Waals surface area (Å²) < 4.78 is 4.49. The molecule has 8 nitrogen and oxygen atoms in total. The quantitative estimate of drug-likeness (QED) is 0.691. The first kappa shape index (κ1) is 17.5. The molecule has 0 atom stereocenters. The van der Waals surface area contributed by atoms with Crippen LogP contribution in [0.5, 0.6) is 0 Å². The lowest BCUT2D eigenvalue weighted by Gasteiger charge is -2.05. The Labute approximate surface area is 158 Å². The summed E-state index contributed by atoms with van der Waals surface area (Å²) in [4.78, 5) is 37.9. The first-order valence-electron chi connectivity index (χ1n) is 8.73. The predicted octanol–water partition coefficient (Wildman–Crippen LogP) is 1.24. The van der Waals surface area contributed by atoms with E-state index in [1.54, 1.807) is 35.2 Å². The molecule has 3 heterocycles. The highest BCUT2D eigenvalue weighted by Crippen LogP contribution is 2.37. The van der Waals surface area contributed by atoms with Crippen LogP contribution in [0.3, 0.4) is 0 Å². The number of aromatic nitrogens is 4. The first-order valence-corrected chi connectivity index (χ1v) is 9.61. The second kappa shape index (κ2) is 6.99. The van der Waals surface area contributed by atoms with Crippen LogP contribution in [0.25, 0.3) is 10.7 Å². The zero-order chi connectivity index (χ0) is 19.0. The van der Waals surface area contributed by atoms with Gasteiger partial charge in [-0.15, -0.1) is 16.4 Å². The fourth-order valence-electron chi connectivity index (χ4n) is 2.94. The maximum absolute atomic E-state index is 12.7. The number of nitrogens with zero attached hydrogens (tertiary/aromatic N) is 4. The van der Waals surface area contributed by atoms with E-state index in [1.165, 1.54) is 15.3 Å². The van der Waals surface area contributed by atoms with E-state index in [2.05, 4.69) is 10.4 Å². The first-order chi connectivity index (χ1) is 13.1. The molecule has 1 N–H and O–H groups in total. The van der Waals surface area contributed by atoms with Crippen molar-refractivity contribution in [2.24, 2.45) is 7.05 Å².